The third-order valence-corrected chi connectivity index (χ3v) is 5.22. The number of nitrogens with one attached hydrogen (secondary N) is 1. The van der Waals surface area contributed by atoms with Gasteiger partial charge in [-0.2, -0.15) is 0 Å². The third-order valence-electron chi connectivity index (χ3n) is 4.40. The summed E-state index contributed by atoms with van der Waals surface area (Å²) in [6.07, 6.45) is 3.10. The summed E-state index contributed by atoms with van der Waals surface area (Å²) in [4.78, 5) is 4.86. The summed E-state index contributed by atoms with van der Waals surface area (Å²) in [5.41, 5.74) is 3.76. The molecule has 0 saturated carbocycles. The smallest absolute Gasteiger partial charge is 0.139 e. The summed E-state index contributed by atoms with van der Waals surface area (Å²) in [6, 6.07) is 9.76. The third kappa shape index (κ3) is 4.41. The van der Waals surface area contributed by atoms with Crippen LogP contribution in [0.5, 0.6) is 0 Å². The van der Waals surface area contributed by atoms with Crippen molar-refractivity contribution in [2.45, 2.75) is 53.5 Å². The molecule has 0 radical (unpaired) electrons. The lowest BCUT2D eigenvalue weighted by molar-refractivity contribution is 0.302. The van der Waals surface area contributed by atoms with Crippen molar-refractivity contribution in [3.63, 3.8) is 0 Å². The van der Waals surface area contributed by atoms with Crippen molar-refractivity contribution in [3.8, 4) is 11.3 Å². The van der Waals surface area contributed by atoms with Gasteiger partial charge in [0, 0.05) is 17.3 Å². The van der Waals surface area contributed by atoms with Crippen LogP contribution in [-0.4, -0.2) is 14.9 Å². The fraction of sp³-hybridized carbons (Fsp3) is 0.409. The molecule has 1 N–H and O–H groups in total. The number of hydrogen-bond acceptors (Lipinski definition) is 2. The number of pyridine rings is 1. The first-order valence-electron chi connectivity index (χ1n) is 9.18. The van der Waals surface area contributed by atoms with Crippen LogP contribution in [0.25, 0.3) is 16.9 Å². The summed E-state index contributed by atoms with van der Waals surface area (Å²) in [5, 5.41) is 4.79. The number of imidazole rings is 1. The molecule has 0 fully saturated rings. The predicted molar refractivity (Wildman–Crippen MR) is 117 cm³/mol. The zero-order chi connectivity index (χ0) is 20.0. The van der Waals surface area contributed by atoms with E-state index in [1.165, 1.54) is 5.56 Å². The van der Waals surface area contributed by atoms with Crippen LogP contribution in [0.2, 0.25) is 10.0 Å². The Bertz CT molecular complexity index is 981. The van der Waals surface area contributed by atoms with Crippen LogP contribution in [-0.2, 0) is 0 Å². The molecule has 2 heterocycles. The van der Waals surface area contributed by atoms with Gasteiger partial charge in [-0.1, -0.05) is 62.2 Å². The van der Waals surface area contributed by atoms with Gasteiger partial charge in [0.15, 0.2) is 0 Å². The van der Waals surface area contributed by atoms with Crippen LogP contribution in [0, 0.1) is 12.3 Å². The van der Waals surface area contributed by atoms with Gasteiger partial charge in [0.2, 0.25) is 0 Å². The van der Waals surface area contributed by atoms with E-state index < -0.39 is 0 Å². The lowest BCUT2D eigenvalue weighted by atomic mass is 9.82. The Balaban J connectivity index is 2.20. The highest BCUT2D eigenvalue weighted by molar-refractivity contribution is 6.43. The molecule has 0 atom stereocenters. The second-order valence-electron chi connectivity index (χ2n) is 9.09. The van der Waals surface area contributed by atoms with Gasteiger partial charge in [0.1, 0.15) is 17.2 Å². The molecule has 0 unspecified atom stereocenters. The normalized spacial score (nSPS) is 12.6. The molecule has 0 bridgehead atoms. The molecule has 3 rings (SSSR count). The van der Waals surface area contributed by atoms with E-state index in [9.17, 15) is 0 Å². The van der Waals surface area contributed by atoms with Gasteiger partial charge in [0.05, 0.1) is 10.0 Å². The molecule has 5 heteroatoms. The average molecular weight is 404 g/mol. The summed E-state index contributed by atoms with van der Waals surface area (Å²) in [6.45, 7) is 13.3. The maximum absolute atomic E-state index is 6.53. The number of hydrogen-bond donors (Lipinski definition) is 1. The molecule has 27 heavy (non-hydrogen) atoms. The zero-order valence-electron chi connectivity index (χ0n) is 16.8. The molecule has 3 aromatic rings. The molecule has 0 aliphatic carbocycles. The Hall–Kier alpha value is -1.71. The van der Waals surface area contributed by atoms with Crippen molar-refractivity contribution >= 4 is 34.7 Å². The molecule has 0 saturated heterocycles. The first-order valence-corrected chi connectivity index (χ1v) is 9.94. The Kier molecular flexibility index (Phi) is 5.22. The van der Waals surface area contributed by atoms with E-state index in [1.54, 1.807) is 6.07 Å². The molecular formula is C22H27Cl2N3. The van der Waals surface area contributed by atoms with E-state index >= 15 is 0 Å². The van der Waals surface area contributed by atoms with Crippen LogP contribution < -0.4 is 5.32 Å². The first kappa shape index (κ1) is 20.0. The van der Waals surface area contributed by atoms with Crippen molar-refractivity contribution in [1.82, 2.24) is 9.38 Å². The van der Waals surface area contributed by atoms with Crippen molar-refractivity contribution < 1.29 is 0 Å². The largest absolute Gasteiger partial charge is 0.364 e. The van der Waals surface area contributed by atoms with Crippen molar-refractivity contribution in [3.05, 3.63) is 52.1 Å². The molecule has 0 aliphatic heterocycles. The standard InChI is InChI=1S/C22H27Cl2N3/c1-14-10-11-17-25-19(15-8-7-9-16(23)18(15)24)20(27(17)12-14)26-22(5,6)13-21(2,3)4/h7-12,26H,13H2,1-6H3. The lowest BCUT2D eigenvalue weighted by Gasteiger charge is -2.34. The zero-order valence-corrected chi connectivity index (χ0v) is 18.3. The van der Waals surface area contributed by atoms with E-state index in [0.717, 1.165) is 29.1 Å². The van der Waals surface area contributed by atoms with Gasteiger partial charge in [0.25, 0.3) is 0 Å². The fourth-order valence-electron chi connectivity index (χ4n) is 3.84. The van der Waals surface area contributed by atoms with Gasteiger partial charge >= 0.3 is 0 Å². The highest BCUT2D eigenvalue weighted by Crippen LogP contribution is 2.39. The number of aryl methyl sites for hydroxylation is 1. The minimum Gasteiger partial charge on any atom is -0.364 e. The number of nitrogens with zero attached hydrogens (tertiary/aromatic N) is 2. The van der Waals surface area contributed by atoms with E-state index in [1.807, 2.05) is 18.2 Å². The number of benzene rings is 1. The van der Waals surface area contributed by atoms with Crippen molar-refractivity contribution in [2.24, 2.45) is 5.41 Å². The molecule has 1 aromatic carbocycles. The molecule has 0 amide bonds. The summed E-state index contributed by atoms with van der Waals surface area (Å²) in [5.74, 6) is 0.937. The Morgan fingerprint density at radius 2 is 1.74 bits per heavy atom. The minimum absolute atomic E-state index is 0.127. The Morgan fingerprint density at radius 1 is 1.04 bits per heavy atom. The van der Waals surface area contributed by atoms with E-state index in [-0.39, 0.29) is 11.0 Å². The lowest BCUT2D eigenvalue weighted by Crippen LogP contribution is -2.36. The van der Waals surface area contributed by atoms with E-state index in [4.69, 9.17) is 28.2 Å². The summed E-state index contributed by atoms with van der Waals surface area (Å²) < 4.78 is 2.10. The summed E-state index contributed by atoms with van der Waals surface area (Å²) in [7, 11) is 0. The van der Waals surface area contributed by atoms with Crippen LogP contribution >= 0.6 is 23.2 Å². The fourth-order valence-corrected chi connectivity index (χ4v) is 4.23. The number of fused-ring (bicyclic) bond motifs is 1. The number of anilines is 1. The predicted octanol–water partition coefficient (Wildman–Crippen LogP) is 7.24. The number of rotatable bonds is 4. The molecule has 2 aromatic heterocycles. The van der Waals surface area contributed by atoms with Crippen LogP contribution in [0.1, 0.15) is 46.6 Å². The second kappa shape index (κ2) is 7.03. The molecule has 0 aliphatic rings. The maximum Gasteiger partial charge on any atom is 0.139 e. The van der Waals surface area contributed by atoms with Gasteiger partial charge in [-0.15, -0.1) is 0 Å². The monoisotopic (exact) mass is 403 g/mol. The van der Waals surface area contributed by atoms with Gasteiger partial charge < -0.3 is 5.32 Å². The van der Waals surface area contributed by atoms with Crippen LogP contribution in [0.15, 0.2) is 36.5 Å². The van der Waals surface area contributed by atoms with Gasteiger partial charge in [-0.25, -0.2) is 4.98 Å². The van der Waals surface area contributed by atoms with Gasteiger partial charge in [-0.3, -0.25) is 4.40 Å². The molecule has 144 valence electrons. The average Bonchev–Trinajstić information content (AvgIpc) is 2.85. The molecule has 0 spiro atoms. The highest BCUT2D eigenvalue weighted by atomic mass is 35.5. The highest BCUT2D eigenvalue weighted by Gasteiger charge is 2.28. The minimum atomic E-state index is -0.127. The van der Waals surface area contributed by atoms with E-state index in [0.29, 0.717) is 10.0 Å². The first-order chi connectivity index (χ1) is 12.5. The van der Waals surface area contributed by atoms with E-state index in [2.05, 4.69) is 63.5 Å². The number of halogens is 2. The second-order valence-corrected chi connectivity index (χ2v) is 9.88. The summed E-state index contributed by atoms with van der Waals surface area (Å²) >= 11 is 12.8. The van der Waals surface area contributed by atoms with Crippen LogP contribution in [0.3, 0.4) is 0 Å². The van der Waals surface area contributed by atoms with Crippen molar-refractivity contribution in [2.75, 3.05) is 5.32 Å². The van der Waals surface area contributed by atoms with Crippen molar-refractivity contribution in [1.29, 1.82) is 0 Å². The van der Waals surface area contributed by atoms with Gasteiger partial charge in [-0.05, 0) is 50.3 Å². The quantitative estimate of drug-likeness (QED) is 0.496. The van der Waals surface area contributed by atoms with Crippen LogP contribution in [0.4, 0.5) is 5.82 Å². The SMILES string of the molecule is Cc1ccc2nc(-c3cccc(Cl)c3Cl)c(NC(C)(C)CC(C)(C)C)n2c1. The number of aromatic nitrogens is 2. The maximum atomic E-state index is 6.53. The topological polar surface area (TPSA) is 29.3 Å². The molecular weight excluding hydrogens is 377 g/mol. The Labute approximate surface area is 171 Å². The molecule has 3 nitrogen and oxygen atoms in total. The Morgan fingerprint density at radius 3 is 2.41 bits per heavy atom.